The maximum atomic E-state index is 10.9. The lowest BCUT2D eigenvalue weighted by Crippen LogP contribution is -2.01. The maximum Gasteiger partial charge on any atom is 0.311 e. The van der Waals surface area contributed by atoms with Crippen molar-refractivity contribution in [1.29, 1.82) is 0 Å². The quantitative estimate of drug-likeness (QED) is 0.634. The van der Waals surface area contributed by atoms with Crippen LogP contribution in [-0.4, -0.2) is 14.9 Å². The third-order valence-corrected chi connectivity index (χ3v) is 2.27. The molecule has 0 unspecified atom stereocenters. The van der Waals surface area contributed by atoms with Gasteiger partial charge >= 0.3 is 5.69 Å². The van der Waals surface area contributed by atoms with Crippen LogP contribution in [0.4, 0.5) is 17.5 Å². The molecule has 1 aromatic heterocycles. The molecule has 8 heteroatoms. The third kappa shape index (κ3) is 2.86. The predicted octanol–water partition coefficient (Wildman–Crippen LogP) is 1.65. The molecule has 0 aliphatic rings. The van der Waals surface area contributed by atoms with Gasteiger partial charge in [-0.15, -0.1) is 0 Å². The summed E-state index contributed by atoms with van der Waals surface area (Å²) >= 11 is 0. The molecule has 0 spiro atoms. The zero-order chi connectivity index (χ0) is 14.0. The molecule has 0 amide bonds. The van der Waals surface area contributed by atoms with E-state index in [-0.39, 0.29) is 29.1 Å². The molecule has 0 aliphatic carbocycles. The van der Waals surface area contributed by atoms with Crippen molar-refractivity contribution in [3.8, 4) is 11.6 Å². The molecule has 1 aromatic carbocycles. The molecule has 0 saturated carbocycles. The second-order valence-electron chi connectivity index (χ2n) is 3.82. The van der Waals surface area contributed by atoms with E-state index in [1.807, 2.05) is 0 Å². The maximum absolute atomic E-state index is 10.9. The Morgan fingerprint density at radius 3 is 2.63 bits per heavy atom. The average Bonchev–Trinajstić information content (AvgIpc) is 2.30. The molecule has 0 atom stereocenters. The van der Waals surface area contributed by atoms with Crippen LogP contribution < -0.4 is 16.2 Å². The van der Waals surface area contributed by atoms with Crippen molar-refractivity contribution in [2.24, 2.45) is 0 Å². The number of nitrogens with two attached hydrogens (primary N) is 2. The molecule has 98 valence electrons. The summed E-state index contributed by atoms with van der Waals surface area (Å²) in [5, 5.41) is 10.9. The summed E-state index contributed by atoms with van der Waals surface area (Å²) < 4.78 is 5.33. The number of nitrogen functional groups attached to an aromatic ring is 2. The van der Waals surface area contributed by atoms with Crippen LogP contribution in [0.15, 0.2) is 24.3 Å². The molecular formula is C11H11N5O3. The number of hydrogen-bond donors (Lipinski definition) is 2. The zero-order valence-electron chi connectivity index (χ0n) is 10.0. The Morgan fingerprint density at radius 2 is 2.00 bits per heavy atom. The topological polar surface area (TPSA) is 130 Å². The van der Waals surface area contributed by atoms with Gasteiger partial charge in [-0.25, -0.2) is 0 Å². The van der Waals surface area contributed by atoms with E-state index in [9.17, 15) is 10.1 Å². The second-order valence-corrected chi connectivity index (χ2v) is 3.82. The summed E-state index contributed by atoms with van der Waals surface area (Å²) in [6.45, 7) is 1.75. The Kier molecular flexibility index (Phi) is 3.15. The highest BCUT2D eigenvalue weighted by molar-refractivity contribution is 5.50. The lowest BCUT2D eigenvalue weighted by atomic mass is 10.2. The number of nitro groups is 1. The Hall–Kier alpha value is -2.90. The smallest absolute Gasteiger partial charge is 0.311 e. The molecule has 19 heavy (non-hydrogen) atoms. The molecule has 0 fully saturated rings. The number of nitrogens with zero attached hydrogens (tertiary/aromatic N) is 3. The molecule has 0 bridgehead atoms. The lowest BCUT2D eigenvalue weighted by Gasteiger charge is -2.06. The van der Waals surface area contributed by atoms with Crippen LogP contribution >= 0.6 is 0 Å². The van der Waals surface area contributed by atoms with E-state index < -0.39 is 4.92 Å². The standard InChI is InChI=1S/C11H11N5O3/c1-6-2-3-8(7(4-6)16(17)18)19-10-5-9(12)14-11(13)15-10/h2-5H,1H3,(H4,12,13,14,15). The summed E-state index contributed by atoms with van der Waals surface area (Å²) in [7, 11) is 0. The first-order valence-corrected chi connectivity index (χ1v) is 5.28. The van der Waals surface area contributed by atoms with Gasteiger partial charge in [0.15, 0.2) is 0 Å². The highest BCUT2D eigenvalue weighted by Gasteiger charge is 2.16. The number of nitro benzene ring substituents is 1. The van der Waals surface area contributed by atoms with E-state index >= 15 is 0 Å². The Bertz CT molecular complexity index is 624. The molecular weight excluding hydrogens is 250 g/mol. The highest BCUT2D eigenvalue weighted by atomic mass is 16.6. The summed E-state index contributed by atoms with van der Waals surface area (Å²) in [5.74, 6) is 0.173. The molecule has 0 radical (unpaired) electrons. The molecule has 1 heterocycles. The van der Waals surface area contributed by atoms with Crippen LogP contribution in [0.5, 0.6) is 11.6 Å². The van der Waals surface area contributed by atoms with Crippen molar-refractivity contribution >= 4 is 17.5 Å². The van der Waals surface area contributed by atoms with E-state index in [0.717, 1.165) is 5.56 Å². The van der Waals surface area contributed by atoms with Gasteiger partial charge in [0.1, 0.15) is 5.82 Å². The number of ether oxygens (including phenoxy) is 1. The van der Waals surface area contributed by atoms with Gasteiger partial charge in [0.25, 0.3) is 0 Å². The van der Waals surface area contributed by atoms with Crippen molar-refractivity contribution in [2.75, 3.05) is 11.5 Å². The lowest BCUT2D eigenvalue weighted by molar-refractivity contribution is -0.385. The van der Waals surface area contributed by atoms with Gasteiger partial charge in [-0.3, -0.25) is 10.1 Å². The van der Waals surface area contributed by atoms with Gasteiger partial charge < -0.3 is 16.2 Å². The highest BCUT2D eigenvalue weighted by Crippen LogP contribution is 2.31. The van der Waals surface area contributed by atoms with Crippen LogP contribution in [0.3, 0.4) is 0 Å². The van der Waals surface area contributed by atoms with Crippen LogP contribution in [0.2, 0.25) is 0 Å². The normalized spacial score (nSPS) is 10.2. The van der Waals surface area contributed by atoms with Crippen molar-refractivity contribution < 1.29 is 9.66 Å². The number of anilines is 2. The van der Waals surface area contributed by atoms with Crippen LogP contribution in [-0.2, 0) is 0 Å². The van der Waals surface area contributed by atoms with E-state index in [2.05, 4.69) is 9.97 Å². The molecule has 4 N–H and O–H groups in total. The summed E-state index contributed by atoms with van der Waals surface area (Å²) in [5.41, 5.74) is 11.5. The van der Waals surface area contributed by atoms with Gasteiger partial charge in [0.2, 0.25) is 17.6 Å². The van der Waals surface area contributed by atoms with E-state index in [1.54, 1.807) is 13.0 Å². The zero-order valence-corrected chi connectivity index (χ0v) is 10.0. The minimum Gasteiger partial charge on any atom is -0.432 e. The Labute approximate surface area is 108 Å². The van der Waals surface area contributed by atoms with Gasteiger partial charge in [-0.05, 0) is 18.6 Å². The van der Waals surface area contributed by atoms with E-state index in [0.29, 0.717) is 0 Å². The second kappa shape index (κ2) is 4.77. The summed E-state index contributed by atoms with van der Waals surface area (Å²) in [6.07, 6.45) is 0. The molecule has 2 rings (SSSR count). The predicted molar refractivity (Wildman–Crippen MR) is 68.8 cm³/mol. The Morgan fingerprint density at radius 1 is 1.26 bits per heavy atom. The SMILES string of the molecule is Cc1ccc(Oc2cc(N)nc(N)n2)c([N+](=O)[O-])c1. The first kappa shape index (κ1) is 12.6. The van der Waals surface area contributed by atoms with E-state index in [4.69, 9.17) is 16.2 Å². The first-order chi connectivity index (χ1) is 8.95. The minimum atomic E-state index is -0.532. The van der Waals surface area contributed by atoms with Gasteiger partial charge in [-0.1, -0.05) is 6.07 Å². The number of hydrogen-bond acceptors (Lipinski definition) is 7. The monoisotopic (exact) mass is 261 g/mol. The molecule has 8 nitrogen and oxygen atoms in total. The van der Waals surface area contributed by atoms with Crippen molar-refractivity contribution in [3.63, 3.8) is 0 Å². The number of aryl methyl sites for hydroxylation is 1. The van der Waals surface area contributed by atoms with Crippen molar-refractivity contribution in [2.45, 2.75) is 6.92 Å². The van der Waals surface area contributed by atoms with Crippen LogP contribution in [0.1, 0.15) is 5.56 Å². The minimum absolute atomic E-state index is 0.0527. The third-order valence-electron chi connectivity index (χ3n) is 2.27. The van der Waals surface area contributed by atoms with Crippen LogP contribution in [0.25, 0.3) is 0 Å². The summed E-state index contributed by atoms with van der Waals surface area (Å²) in [6, 6.07) is 5.92. The van der Waals surface area contributed by atoms with Crippen molar-refractivity contribution in [3.05, 3.63) is 39.9 Å². The first-order valence-electron chi connectivity index (χ1n) is 5.28. The number of rotatable bonds is 3. The fourth-order valence-electron chi connectivity index (χ4n) is 1.48. The molecule has 2 aromatic rings. The van der Waals surface area contributed by atoms with Gasteiger partial charge in [-0.2, -0.15) is 9.97 Å². The average molecular weight is 261 g/mol. The fraction of sp³-hybridized carbons (Fsp3) is 0.0909. The number of benzene rings is 1. The van der Waals surface area contributed by atoms with Crippen LogP contribution in [0, 0.1) is 17.0 Å². The number of aromatic nitrogens is 2. The van der Waals surface area contributed by atoms with Crippen molar-refractivity contribution in [1.82, 2.24) is 9.97 Å². The largest absolute Gasteiger partial charge is 0.432 e. The fourth-order valence-corrected chi connectivity index (χ4v) is 1.48. The molecule has 0 aliphatic heterocycles. The van der Waals surface area contributed by atoms with Gasteiger partial charge in [0.05, 0.1) is 4.92 Å². The molecule has 0 saturated heterocycles. The van der Waals surface area contributed by atoms with E-state index in [1.165, 1.54) is 18.2 Å². The Balaban J connectivity index is 2.40. The summed E-state index contributed by atoms with van der Waals surface area (Å²) in [4.78, 5) is 17.9. The van der Waals surface area contributed by atoms with Gasteiger partial charge in [0, 0.05) is 12.1 Å².